The highest BCUT2D eigenvalue weighted by atomic mass is 32.2. The largest absolute Gasteiger partial charge is 0.416 e. The van der Waals surface area contributed by atoms with Crippen molar-refractivity contribution in [1.82, 2.24) is 9.88 Å². The number of hydrogen-bond donors (Lipinski definition) is 1. The molecule has 1 saturated heterocycles. The number of rotatable bonds is 3. The predicted octanol–water partition coefficient (Wildman–Crippen LogP) is 1.81. The van der Waals surface area contributed by atoms with E-state index in [1.54, 1.807) is 0 Å². The van der Waals surface area contributed by atoms with Gasteiger partial charge < -0.3 is 9.88 Å². The van der Waals surface area contributed by atoms with E-state index in [9.17, 15) is 31.2 Å². The summed E-state index contributed by atoms with van der Waals surface area (Å²) in [6.07, 6.45) is -2.97. The third-order valence-corrected chi connectivity index (χ3v) is 5.29. The van der Waals surface area contributed by atoms with Gasteiger partial charge in [-0.3, -0.25) is 9.59 Å². The monoisotopic (exact) mass is 388 g/mol. The second-order valence-corrected chi connectivity index (χ2v) is 8.53. The number of nitrogens with zero attached hydrogens (tertiary/aromatic N) is 1. The van der Waals surface area contributed by atoms with Crippen molar-refractivity contribution < 1.29 is 26.4 Å². The summed E-state index contributed by atoms with van der Waals surface area (Å²) in [5, 5.41) is 0.279. The lowest BCUT2D eigenvalue weighted by Gasteiger charge is -2.40. The molecule has 0 bridgehead atoms. The summed E-state index contributed by atoms with van der Waals surface area (Å²) in [4.78, 5) is 28.3. The molecule has 140 valence electrons. The van der Waals surface area contributed by atoms with Crippen LogP contribution in [0.5, 0.6) is 0 Å². The summed E-state index contributed by atoms with van der Waals surface area (Å²) in [7, 11) is -3.28. The SMILES string of the molecule is CS(=O)(=O)C[C@@H]1CCN1C(=O)c1cc2ccc(C(F)(F)F)cc2[nH]c1=O. The molecule has 0 unspecified atom stereocenters. The minimum absolute atomic E-state index is 0.0299. The number of fused-ring (bicyclic) bond motifs is 1. The van der Waals surface area contributed by atoms with E-state index in [2.05, 4.69) is 4.98 Å². The van der Waals surface area contributed by atoms with Gasteiger partial charge in [0.05, 0.1) is 11.3 Å². The van der Waals surface area contributed by atoms with Crippen LogP contribution in [0, 0.1) is 0 Å². The molecule has 2 heterocycles. The van der Waals surface area contributed by atoms with Crippen LogP contribution in [0.3, 0.4) is 0 Å². The van der Waals surface area contributed by atoms with Crippen LogP contribution in [0.1, 0.15) is 22.3 Å². The van der Waals surface area contributed by atoms with Crippen molar-refractivity contribution in [3.63, 3.8) is 0 Å². The third-order valence-electron chi connectivity index (χ3n) is 4.30. The van der Waals surface area contributed by atoms with Crippen molar-refractivity contribution in [2.75, 3.05) is 18.6 Å². The maximum atomic E-state index is 12.8. The van der Waals surface area contributed by atoms with Gasteiger partial charge in [-0.15, -0.1) is 0 Å². The Balaban J connectivity index is 1.94. The van der Waals surface area contributed by atoms with Crippen LogP contribution >= 0.6 is 0 Å². The zero-order valence-corrected chi connectivity index (χ0v) is 14.4. The normalized spacial score (nSPS) is 18.0. The molecule has 26 heavy (non-hydrogen) atoms. The lowest BCUT2D eigenvalue weighted by molar-refractivity contribution is -0.137. The Morgan fingerprint density at radius 1 is 1.31 bits per heavy atom. The van der Waals surface area contributed by atoms with Crippen LogP contribution in [0.15, 0.2) is 29.1 Å². The lowest BCUT2D eigenvalue weighted by Crippen LogP contribution is -2.54. The van der Waals surface area contributed by atoms with Crippen LogP contribution in [-0.4, -0.2) is 48.8 Å². The number of carbonyl (C=O) groups excluding carboxylic acids is 1. The van der Waals surface area contributed by atoms with E-state index < -0.39 is 39.1 Å². The quantitative estimate of drug-likeness (QED) is 0.869. The molecular weight excluding hydrogens is 373 g/mol. The van der Waals surface area contributed by atoms with Gasteiger partial charge in [-0.25, -0.2) is 8.42 Å². The molecule has 1 aromatic heterocycles. The predicted molar refractivity (Wildman–Crippen MR) is 88.7 cm³/mol. The molecule has 2 aromatic rings. The maximum Gasteiger partial charge on any atom is 0.416 e. The average Bonchev–Trinajstić information content (AvgIpc) is 2.48. The molecule has 1 aromatic carbocycles. The molecular formula is C16H15F3N2O4S. The second-order valence-electron chi connectivity index (χ2n) is 6.35. The summed E-state index contributed by atoms with van der Waals surface area (Å²) >= 11 is 0. The van der Waals surface area contributed by atoms with Crippen molar-refractivity contribution in [2.45, 2.75) is 18.6 Å². The van der Waals surface area contributed by atoms with E-state index in [-0.39, 0.29) is 22.2 Å². The number of benzene rings is 1. The zero-order chi connectivity index (χ0) is 19.3. The first-order valence-corrected chi connectivity index (χ1v) is 9.75. The van der Waals surface area contributed by atoms with Gasteiger partial charge in [0.25, 0.3) is 11.5 Å². The molecule has 0 radical (unpaired) electrons. The summed E-state index contributed by atoms with van der Waals surface area (Å²) in [5.41, 5.74) is -1.98. The van der Waals surface area contributed by atoms with E-state index in [1.165, 1.54) is 17.0 Å². The van der Waals surface area contributed by atoms with Crippen LogP contribution in [-0.2, 0) is 16.0 Å². The van der Waals surface area contributed by atoms with Gasteiger partial charge in [0.1, 0.15) is 15.4 Å². The van der Waals surface area contributed by atoms with Gasteiger partial charge in [0, 0.05) is 24.4 Å². The highest BCUT2D eigenvalue weighted by molar-refractivity contribution is 7.90. The topological polar surface area (TPSA) is 87.3 Å². The number of pyridine rings is 1. The average molecular weight is 388 g/mol. The summed E-state index contributed by atoms with van der Waals surface area (Å²) in [5.74, 6) is -0.827. The highest BCUT2D eigenvalue weighted by Crippen LogP contribution is 2.31. The molecule has 0 saturated carbocycles. The van der Waals surface area contributed by atoms with E-state index >= 15 is 0 Å². The second kappa shape index (κ2) is 6.11. The van der Waals surface area contributed by atoms with Crippen molar-refractivity contribution in [3.05, 3.63) is 45.7 Å². The number of H-pyrrole nitrogens is 1. The Kier molecular flexibility index (Phi) is 4.33. The van der Waals surface area contributed by atoms with Crippen molar-refractivity contribution in [3.8, 4) is 0 Å². The molecule has 1 aliphatic rings. The van der Waals surface area contributed by atoms with Crippen LogP contribution in [0.2, 0.25) is 0 Å². The number of amides is 1. The van der Waals surface area contributed by atoms with Crippen molar-refractivity contribution in [1.29, 1.82) is 0 Å². The number of likely N-dealkylation sites (tertiary alicyclic amines) is 1. The molecule has 1 N–H and O–H groups in total. The molecule has 6 nitrogen and oxygen atoms in total. The van der Waals surface area contributed by atoms with Gasteiger partial charge in [-0.1, -0.05) is 6.07 Å². The van der Waals surface area contributed by atoms with E-state index in [0.29, 0.717) is 13.0 Å². The van der Waals surface area contributed by atoms with Crippen molar-refractivity contribution in [2.24, 2.45) is 0 Å². The minimum atomic E-state index is -4.55. The van der Waals surface area contributed by atoms with Crippen LogP contribution in [0.25, 0.3) is 10.9 Å². The van der Waals surface area contributed by atoms with Gasteiger partial charge in [0.2, 0.25) is 0 Å². The fraction of sp³-hybridized carbons (Fsp3) is 0.375. The first kappa shape index (κ1) is 18.4. The minimum Gasteiger partial charge on any atom is -0.334 e. The Labute approximate surface area is 146 Å². The van der Waals surface area contributed by atoms with Crippen LogP contribution < -0.4 is 5.56 Å². The first-order chi connectivity index (χ1) is 12.0. The molecule has 0 spiro atoms. The zero-order valence-electron chi connectivity index (χ0n) is 13.6. The van der Waals surface area contributed by atoms with E-state index in [4.69, 9.17) is 0 Å². The number of hydrogen-bond acceptors (Lipinski definition) is 4. The molecule has 0 aliphatic carbocycles. The Bertz CT molecular complexity index is 1040. The smallest absolute Gasteiger partial charge is 0.334 e. The number of halogens is 3. The molecule has 1 aliphatic heterocycles. The summed E-state index contributed by atoms with van der Waals surface area (Å²) < 4.78 is 61.1. The van der Waals surface area contributed by atoms with E-state index in [0.717, 1.165) is 18.4 Å². The molecule has 1 amide bonds. The number of nitrogens with one attached hydrogen (secondary N) is 1. The number of alkyl halides is 3. The fourth-order valence-corrected chi connectivity index (χ4v) is 3.97. The number of carbonyl (C=O) groups is 1. The Morgan fingerprint density at radius 2 is 2.00 bits per heavy atom. The van der Waals surface area contributed by atoms with Gasteiger partial charge in [-0.05, 0) is 30.0 Å². The Hall–Kier alpha value is -2.36. The molecule has 1 fully saturated rings. The lowest BCUT2D eigenvalue weighted by atomic mass is 10.0. The molecule has 3 rings (SSSR count). The fourth-order valence-electron chi connectivity index (χ4n) is 2.92. The molecule has 1 atom stereocenters. The van der Waals surface area contributed by atoms with Crippen molar-refractivity contribution >= 4 is 26.6 Å². The summed E-state index contributed by atoms with van der Waals surface area (Å²) in [6, 6.07) is 3.58. The van der Waals surface area contributed by atoms with E-state index in [1.807, 2.05) is 0 Å². The van der Waals surface area contributed by atoms with Gasteiger partial charge in [0.15, 0.2) is 0 Å². The standard InChI is InChI=1S/C16H15F3N2O4S/c1-26(24,25)8-11-4-5-21(11)15(23)12-6-9-2-3-10(16(17,18)19)7-13(9)20-14(12)22/h2-3,6-7,11H,4-5,8H2,1H3,(H,20,22)/t11-/m0/s1. The Morgan fingerprint density at radius 3 is 2.54 bits per heavy atom. The number of sulfone groups is 1. The number of aromatic nitrogens is 1. The third kappa shape index (κ3) is 3.59. The van der Waals surface area contributed by atoms with Gasteiger partial charge >= 0.3 is 6.18 Å². The van der Waals surface area contributed by atoms with Crippen LogP contribution in [0.4, 0.5) is 13.2 Å². The molecule has 10 heteroatoms. The highest BCUT2D eigenvalue weighted by Gasteiger charge is 2.36. The number of aromatic amines is 1. The first-order valence-electron chi connectivity index (χ1n) is 7.69. The van der Waals surface area contributed by atoms with Gasteiger partial charge in [-0.2, -0.15) is 13.2 Å². The maximum absolute atomic E-state index is 12.8. The summed E-state index contributed by atoms with van der Waals surface area (Å²) in [6.45, 7) is 0.323.